The fourth-order valence-electron chi connectivity index (χ4n) is 6.05. The van der Waals surface area contributed by atoms with Crippen molar-refractivity contribution in [2.24, 2.45) is 18.9 Å². The number of hydrogen-bond donors (Lipinski definition) is 0. The van der Waals surface area contributed by atoms with Crippen LogP contribution in [0, 0.1) is 11.8 Å². The lowest BCUT2D eigenvalue weighted by molar-refractivity contribution is -0.160. The Morgan fingerprint density at radius 3 is 2.77 bits per heavy atom. The molecule has 2 aromatic rings. The van der Waals surface area contributed by atoms with Gasteiger partial charge in [0.25, 0.3) is 0 Å². The van der Waals surface area contributed by atoms with Gasteiger partial charge in [-0.25, -0.2) is 9.97 Å². The van der Waals surface area contributed by atoms with Gasteiger partial charge in [0.2, 0.25) is 17.8 Å². The molecule has 0 saturated carbocycles. The van der Waals surface area contributed by atoms with Gasteiger partial charge in [0, 0.05) is 51.6 Å². The van der Waals surface area contributed by atoms with Crippen LogP contribution >= 0.6 is 0 Å². The minimum atomic E-state index is -0.378. The van der Waals surface area contributed by atoms with Crippen LogP contribution in [0.3, 0.4) is 0 Å². The zero-order chi connectivity index (χ0) is 21.1. The van der Waals surface area contributed by atoms with Crippen molar-refractivity contribution in [2.75, 3.05) is 31.1 Å². The molecule has 9 heteroatoms. The highest BCUT2D eigenvalue weighted by atomic mass is 16.2. The molecular formula is C22H27N7O2. The number of anilines is 1. The van der Waals surface area contributed by atoms with Crippen LogP contribution in [0.1, 0.15) is 25.7 Å². The van der Waals surface area contributed by atoms with Crippen LogP contribution < -0.4 is 4.90 Å². The molecule has 0 N–H and O–H groups in total. The van der Waals surface area contributed by atoms with Crippen LogP contribution in [0.25, 0.3) is 11.2 Å². The van der Waals surface area contributed by atoms with Crippen molar-refractivity contribution in [3.8, 4) is 0 Å². The fraction of sp³-hybridized carbons (Fsp3) is 0.591. The molecule has 31 heavy (non-hydrogen) atoms. The number of aryl methyl sites for hydroxylation is 1. The van der Waals surface area contributed by atoms with Crippen LogP contribution in [0.5, 0.6) is 0 Å². The Balaban J connectivity index is 1.35. The van der Waals surface area contributed by atoms with E-state index in [9.17, 15) is 9.59 Å². The van der Waals surface area contributed by atoms with Crippen LogP contribution in [0.4, 0.5) is 5.95 Å². The zero-order valence-corrected chi connectivity index (χ0v) is 17.7. The van der Waals surface area contributed by atoms with Gasteiger partial charge in [-0.05, 0) is 25.2 Å². The molecule has 3 saturated heterocycles. The highest BCUT2D eigenvalue weighted by Crippen LogP contribution is 2.43. The maximum Gasteiger partial charge on any atom is 0.246 e. The smallest absolute Gasteiger partial charge is 0.246 e. The molecule has 6 heterocycles. The number of hydrogen-bond acceptors (Lipinski definition) is 6. The molecule has 0 unspecified atom stereocenters. The molecule has 0 aliphatic carbocycles. The summed E-state index contributed by atoms with van der Waals surface area (Å²) in [4.78, 5) is 46.3. The predicted octanol–water partition coefficient (Wildman–Crippen LogP) is 0.968. The van der Waals surface area contributed by atoms with E-state index in [4.69, 9.17) is 4.98 Å². The van der Waals surface area contributed by atoms with E-state index in [0.717, 1.165) is 37.0 Å². The lowest BCUT2D eigenvalue weighted by atomic mass is 9.71. The SMILES string of the molecule is Cn1cnc2cnc(N3C[C@@H]4C[C@H](C3)[C@H](C(=O)N3CC=CC3)N3C(=O)CCC[C@@H]43)nc21. The number of nitrogens with zero attached hydrogens (tertiary/aromatic N) is 7. The summed E-state index contributed by atoms with van der Waals surface area (Å²) in [5.74, 6) is 1.37. The molecule has 2 bridgehead atoms. The summed E-state index contributed by atoms with van der Waals surface area (Å²) in [6, 6.07) is -0.248. The molecule has 162 valence electrons. The van der Waals surface area contributed by atoms with E-state index in [1.54, 1.807) is 12.5 Å². The molecule has 2 amide bonds. The maximum atomic E-state index is 13.6. The van der Waals surface area contributed by atoms with Crippen LogP contribution in [0.15, 0.2) is 24.7 Å². The number of fused-ring (bicyclic) bond motifs is 5. The van der Waals surface area contributed by atoms with E-state index < -0.39 is 0 Å². The Morgan fingerprint density at radius 1 is 1.13 bits per heavy atom. The molecule has 9 nitrogen and oxygen atoms in total. The van der Waals surface area contributed by atoms with E-state index in [2.05, 4.69) is 14.9 Å². The summed E-state index contributed by atoms with van der Waals surface area (Å²) >= 11 is 0. The molecule has 3 fully saturated rings. The number of piperidine rings is 3. The highest BCUT2D eigenvalue weighted by molar-refractivity contribution is 5.89. The highest BCUT2D eigenvalue weighted by Gasteiger charge is 2.53. The van der Waals surface area contributed by atoms with Gasteiger partial charge in [-0.2, -0.15) is 4.98 Å². The second kappa shape index (κ2) is 7.03. The first-order valence-corrected chi connectivity index (χ1v) is 11.2. The molecular weight excluding hydrogens is 394 g/mol. The molecule has 0 radical (unpaired) electrons. The largest absolute Gasteiger partial charge is 0.340 e. The average Bonchev–Trinajstić information content (AvgIpc) is 3.44. The van der Waals surface area contributed by atoms with Gasteiger partial charge < -0.3 is 19.3 Å². The van der Waals surface area contributed by atoms with Crippen molar-refractivity contribution in [2.45, 2.75) is 37.8 Å². The van der Waals surface area contributed by atoms with Crippen molar-refractivity contribution >= 4 is 28.9 Å². The van der Waals surface area contributed by atoms with Gasteiger partial charge in [-0.3, -0.25) is 9.59 Å². The van der Waals surface area contributed by atoms with Crippen molar-refractivity contribution in [1.29, 1.82) is 0 Å². The van der Waals surface area contributed by atoms with E-state index >= 15 is 0 Å². The van der Waals surface area contributed by atoms with E-state index in [1.165, 1.54) is 0 Å². The Morgan fingerprint density at radius 2 is 1.94 bits per heavy atom. The van der Waals surface area contributed by atoms with Crippen LogP contribution in [-0.4, -0.2) is 79.4 Å². The molecule has 0 spiro atoms. The average molecular weight is 422 g/mol. The standard InChI is InChI=1S/C22H27N7O2/c1-26-13-24-16-10-23-22(25-20(16)26)28-11-14-9-15(12-28)19(21(31)27-7-2-3-8-27)29-17(14)5-4-6-18(29)30/h2-3,10,13-15,17,19H,4-9,11-12H2,1H3/t14-,15+,17-,19+/m0/s1. The van der Waals surface area contributed by atoms with Gasteiger partial charge >= 0.3 is 0 Å². The number of carbonyl (C=O) groups excluding carboxylic acids is 2. The lowest BCUT2D eigenvalue weighted by Crippen LogP contribution is -2.68. The summed E-state index contributed by atoms with van der Waals surface area (Å²) in [6.45, 7) is 2.79. The Kier molecular flexibility index (Phi) is 4.26. The van der Waals surface area contributed by atoms with Gasteiger partial charge in [-0.15, -0.1) is 0 Å². The van der Waals surface area contributed by atoms with Gasteiger partial charge in [0.05, 0.1) is 12.5 Å². The fourth-order valence-corrected chi connectivity index (χ4v) is 6.05. The van der Waals surface area contributed by atoms with Gasteiger partial charge in [0.15, 0.2) is 5.65 Å². The van der Waals surface area contributed by atoms with Crippen LogP contribution in [-0.2, 0) is 16.6 Å². The quantitative estimate of drug-likeness (QED) is 0.672. The summed E-state index contributed by atoms with van der Waals surface area (Å²) in [7, 11) is 1.93. The number of aromatic nitrogens is 4. The van der Waals surface area contributed by atoms with Gasteiger partial charge in [-0.1, -0.05) is 12.2 Å². The first-order chi connectivity index (χ1) is 15.1. The minimum Gasteiger partial charge on any atom is -0.340 e. The molecule has 2 aromatic heterocycles. The predicted molar refractivity (Wildman–Crippen MR) is 114 cm³/mol. The monoisotopic (exact) mass is 421 g/mol. The first kappa shape index (κ1) is 18.8. The van der Waals surface area contributed by atoms with Crippen molar-refractivity contribution in [3.05, 3.63) is 24.7 Å². The number of amides is 2. The third-order valence-corrected chi connectivity index (χ3v) is 7.45. The van der Waals surface area contributed by atoms with Crippen LogP contribution in [0.2, 0.25) is 0 Å². The van der Waals surface area contributed by atoms with Crippen molar-refractivity contribution in [3.63, 3.8) is 0 Å². The Hall–Kier alpha value is -2.97. The molecule has 4 aliphatic heterocycles. The second-order valence-electron chi connectivity index (χ2n) is 9.32. The molecule has 4 atom stereocenters. The topological polar surface area (TPSA) is 87.5 Å². The van der Waals surface area contributed by atoms with E-state index in [-0.39, 0.29) is 29.8 Å². The van der Waals surface area contributed by atoms with Crippen molar-refractivity contribution in [1.82, 2.24) is 29.3 Å². The Labute approximate surface area is 180 Å². The minimum absolute atomic E-state index is 0.0935. The van der Waals surface area contributed by atoms with Gasteiger partial charge in [0.1, 0.15) is 11.6 Å². The second-order valence-corrected chi connectivity index (χ2v) is 9.32. The molecule has 4 aliphatic rings. The zero-order valence-electron chi connectivity index (χ0n) is 17.7. The summed E-state index contributed by atoms with van der Waals surface area (Å²) in [6.07, 6.45) is 11.0. The summed E-state index contributed by atoms with van der Waals surface area (Å²) < 4.78 is 1.90. The third-order valence-electron chi connectivity index (χ3n) is 7.45. The van der Waals surface area contributed by atoms with E-state index in [0.29, 0.717) is 37.9 Å². The normalized spacial score (nSPS) is 30.2. The first-order valence-electron chi connectivity index (χ1n) is 11.2. The number of carbonyl (C=O) groups is 2. The lowest BCUT2D eigenvalue weighted by Gasteiger charge is -2.56. The summed E-state index contributed by atoms with van der Waals surface area (Å²) in [5.41, 5.74) is 1.59. The maximum absolute atomic E-state index is 13.6. The van der Waals surface area contributed by atoms with Crippen molar-refractivity contribution < 1.29 is 9.59 Å². The summed E-state index contributed by atoms with van der Waals surface area (Å²) in [5, 5.41) is 0. The Bertz CT molecular complexity index is 1070. The number of rotatable bonds is 2. The molecule has 0 aromatic carbocycles. The number of imidazole rings is 1. The molecule has 6 rings (SSSR count). The third kappa shape index (κ3) is 2.93. The van der Waals surface area contributed by atoms with E-state index in [1.807, 2.05) is 33.6 Å².